The predicted octanol–water partition coefficient (Wildman–Crippen LogP) is 0.787. The van der Waals surface area contributed by atoms with Crippen molar-refractivity contribution >= 4 is 5.97 Å². The molecule has 1 aliphatic rings. The smallest absolute Gasteiger partial charge is 0.354 e. The first-order valence-corrected chi connectivity index (χ1v) is 7.69. The van der Waals surface area contributed by atoms with Crippen LogP contribution < -0.4 is 0 Å². The van der Waals surface area contributed by atoms with Gasteiger partial charge in [0.2, 0.25) is 0 Å². The Labute approximate surface area is 133 Å². The summed E-state index contributed by atoms with van der Waals surface area (Å²) in [5.41, 5.74) is 0.848. The fraction of sp³-hybridized carbons (Fsp3) is 0.533. The van der Waals surface area contributed by atoms with E-state index in [1.165, 1.54) is 0 Å². The number of aryl methyl sites for hydroxylation is 1. The molecule has 3 heterocycles. The van der Waals surface area contributed by atoms with Crippen LogP contribution in [0.25, 0.3) is 0 Å². The van der Waals surface area contributed by atoms with Gasteiger partial charge in [0.1, 0.15) is 17.6 Å². The van der Waals surface area contributed by atoms with Crippen LogP contribution in [0.3, 0.4) is 0 Å². The van der Waals surface area contributed by atoms with Crippen LogP contribution in [0.5, 0.6) is 0 Å². The van der Waals surface area contributed by atoms with Gasteiger partial charge in [-0.05, 0) is 31.8 Å². The summed E-state index contributed by atoms with van der Waals surface area (Å²) in [5.74, 6) is -0.111. The van der Waals surface area contributed by atoms with Gasteiger partial charge in [-0.1, -0.05) is 0 Å². The number of aromatic nitrogens is 4. The molecule has 0 radical (unpaired) electrons. The molecule has 0 bridgehead atoms. The summed E-state index contributed by atoms with van der Waals surface area (Å²) in [6, 6.07) is 0. The average molecular weight is 319 g/mol. The lowest BCUT2D eigenvalue weighted by atomic mass is 9.90. The molecule has 1 fully saturated rings. The number of likely N-dealkylation sites (tertiary alicyclic amines) is 1. The molecule has 3 N–H and O–H groups in total. The van der Waals surface area contributed by atoms with Crippen molar-refractivity contribution in [3.05, 3.63) is 35.7 Å². The van der Waals surface area contributed by atoms with Crippen LogP contribution in [0, 0.1) is 5.92 Å². The third-order valence-electron chi connectivity index (χ3n) is 4.53. The molecule has 0 amide bonds. The van der Waals surface area contributed by atoms with Crippen LogP contribution in [0.2, 0.25) is 0 Å². The largest absolute Gasteiger partial charge is 0.477 e. The van der Waals surface area contributed by atoms with Crippen LogP contribution in [0.15, 0.2) is 18.6 Å². The Kier molecular flexibility index (Phi) is 4.44. The number of carbonyl (C=O) groups is 1. The number of aromatic carboxylic acids is 1. The fourth-order valence-corrected chi connectivity index (χ4v) is 3.16. The number of aliphatic hydroxyl groups excluding tert-OH is 1. The molecule has 1 atom stereocenters. The number of carboxylic acid groups (broad SMARTS) is 1. The van der Waals surface area contributed by atoms with Crippen molar-refractivity contribution in [1.29, 1.82) is 0 Å². The molecule has 23 heavy (non-hydrogen) atoms. The number of imidazole rings is 1. The maximum absolute atomic E-state index is 11.1. The molecule has 0 aliphatic carbocycles. The topological polar surface area (TPSA) is 107 Å². The third kappa shape index (κ3) is 3.27. The lowest BCUT2D eigenvalue weighted by Crippen LogP contribution is -2.35. The zero-order valence-electron chi connectivity index (χ0n) is 13.0. The van der Waals surface area contributed by atoms with E-state index in [1.807, 2.05) is 17.8 Å². The van der Waals surface area contributed by atoms with E-state index < -0.39 is 12.1 Å². The molecule has 0 unspecified atom stereocenters. The van der Waals surface area contributed by atoms with Gasteiger partial charge >= 0.3 is 5.97 Å². The van der Waals surface area contributed by atoms with Crippen LogP contribution in [0.4, 0.5) is 0 Å². The van der Waals surface area contributed by atoms with Crippen LogP contribution in [-0.2, 0) is 13.6 Å². The summed E-state index contributed by atoms with van der Waals surface area (Å²) >= 11 is 0. The maximum Gasteiger partial charge on any atom is 0.354 e. The van der Waals surface area contributed by atoms with Gasteiger partial charge in [-0.25, -0.2) is 9.78 Å². The summed E-state index contributed by atoms with van der Waals surface area (Å²) in [4.78, 5) is 17.5. The lowest BCUT2D eigenvalue weighted by Gasteiger charge is -2.33. The molecule has 2 aromatic heterocycles. The van der Waals surface area contributed by atoms with Gasteiger partial charge in [-0.3, -0.25) is 10.00 Å². The Morgan fingerprint density at radius 2 is 2.22 bits per heavy atom. The minimum atomic E-state index is -0.988. The first-order chi connectivity index (χ1) is 11.1. The second-order valence-electron chi connectivity index (χ2n) is 6.03. The number of aliphatic hydroxyl groups is 1. The van der Waals surface area contributed by atoms with Crippen molar-refractivity contribution in [1.82, 2.24) is 24.6 Å². The van der Waals surface area contributed by atoms with Crippen molar-refractivity contribution in [2.45, 2.75) is 25.5 Å². The Morgan fingerprint density at radius 3 is 2.83 bits per heavy atom. The number of H-pyrrole nitrogens is 1. The third-order valence-corrected chi connectivity index (χ3v) is 4.53. The van der Waals surface area contributed by atoms with Gasteiger partial charge < -0.3 is 14.8 Å². The number of rotatable bonds is 5. The monoisotopic (exact) mass is 319 g/mol. The Hall–Kier alpha value is -2.19. The van der Waals surface area contributed by atoms with E-state index in [9.17, 15) is 9.90 Å². The highest BCUT2D eigenvalue weighted by Crippen LogP contribution is 2.30. The molecule has 124 valence electrons. The Balaban J connectivity index is 1.57. The van der Waals surface area contributed by atoms with Crippen LogP contribution in [-0.4, -0.2) is 53.9 Å². The first kappa shape index (κ1) is 15.7. The van der Waals surface area contributed by atoms with Crippen LogP contribution >= 0.6 is 0 Å². The Morgan fingerprint density at radius 1 is 1.48 bits per heavy atom. The van der Waals surface area contributed by atoms with Crippen LogP contribution in [0.1, 0.15) is 40.8 Å². The van der Waals surface area contributed by atoms with Crippen molar-refractivity contribution in [3.63, 3.8) is 0 Å². The Bertz CT molecular complexity index is 672. The molecular formula is C15H21N5O3. The molecule has 8 heteroatoms. The summed E-state index contributed by atoms with van der Waals surface area (Å²) in [6.07, 6.45) is 6.25. The molecular weight excluding hydrogens is 298 g/mol. The standard InChI is InChI=1S/C15H21N5O3/c1-19-7-4-16-14(19)13(21)10-2-5-20(6-3-10)9-11-8-17-18-12(11)15(22)23/h4,7-8,10,13,21H,2-3,5-6,9H2,1H3,(H,17,18)(H,22,23)/t13-/m1/s1. The highest BCUT2D eigenvalue weighted by molar-refractivity contribution is 5.86. The quantitative estimate of drug-likeness (QED) is 0.752. The molecule has 8 nitrogen and oxygen atoms in total. The van der Waals surface area contributed by atoms with Gasteiger partial charge in [0.15, 0.2) is 0 Å². The van der Waals surface area contributed by atoms with E-state index in [-0.39, 0.29) is 11.6 Å². The van der Waals surface area contributed by atoms with Crippen molar-refractivity contribution in [2.24, 2.45) is 13.0 Å². The first-order valence-electron chi connectivity index (χ1n) is 7.69. The number of hydrogen-bond acceptors (Lipinski definition) is 5. The zero-order chi connectivity index (χ0) is 16.4. The van der Waals surface area contributed by atoms with Gasteiger partial charge in [0.25, 0.3) is 0 Å². The molecule has 0 saturated carbocycles. The summed E-state index contributed by atoms with van der Waals surface area (Å²) in [7, 11) is 1.88. The summed E-state index contributed by atoms with van der Waals surface area (Å²) < 4.78 is 1.85. The SMILES string of the molecule is Cn1ccnc1[C@H](O)C1CCN(Cc2cn[nH]c2C(=O)O)CC1. The number of carboxylic acids is 1. The number of nitrogens with one attached hydrogen (secondary N) is 1. The predicted molar refractivity (Wildman–Crippen MR) is 81.7 cm³/mol. The summed E-state index contributed by atoms with van der Waals surface area (Å²) in [6.45, 7) is 2.19. The normalized spacial score (nSPS) is 18.2. The fourth-order valence-electron chi connectivity index (χ4n) is 3.16. The number of aromatic amines is 1. The lowest BCUT2D eigenvalue weighted by molar-refractivity contribution is 0.0490. The van der Waals surface area contributed by atoms with E-state index in [2.05, 4.69) is 20.1 Å². The molecule has 3 rings (SSSR count). The van der Waals surface area contributed by atoms with Crippen molar-refractivity contribution < 1.29 is 15.0 Å². The van der Waals surface area contributed by atoms with Crippen molar-refractivity contribution in [3.8, 4) is 0 Å². The highest BCUT2D eigenvalue weighted by Gasteiger charge is 2.29. The maximum atomic E-state index is 11.1. The molecule has 1 aliphatic heterocycles. The highest BCUT2D eigenvalue weighted by atomic mass is 16.4. The second kappa shape index (κ2) is 6.51. The van der Waals surface area contributed by atoms with Gasteiger partial charge in [-0.15, -0.1) is 0 Å². The van der Waals surface area contributed by atoms with E-state index in [4.69, 9.17) is 5.11 Å². The number of hydrogen-bond donors (Lipinski definition) is 3. The summed E-state index contributed by atoms with van der Waals surface area (Å²) in [5, 5.41) is 25.9. The average Bonchev–Trinajstić information content (AvgIpc) is 3.16. The van der Waals surface area contributed by atoms with Gasteiger partial charge in [0, 0.05) is 31.5 Å². The van der Waals surface area contributed by atoms with Crippen molar-refractivity contribution in [2.75, 3.05) is 13.1 Å². The molecule has 0 aromatic carbocycles. The number of piperidine rings is 1. The minimum absolute atomic E-state index is 0.153. The minimum Gasteiger partial charge on any atom is -0.477 e. The van der Waals surface area contributed by atoms with E-state index in [0.29, 0.717) is 17.9 Å². The van der Waals surface area contributed by atoms with E-state index >= 15 is 0 Å². The van der Waals surface area contributed by atoms with Gasteiger partial charge in [-0.2, -0.15) is 5.10 Å². The molecule has 0 spiro atoms. The number of nitrogens with zero attached hydrogens (tertiary/aromatic N) is 4. The second-order valence-corrected chi connectivity index (χ2v) is 6.03. The molecule has 2 aromatic rings. The molecule has 1 saturated heterocycles. The van der Waals surface area contributed by atoms with E-state index in [0.717, 1.165) is 25.9 Å². The van der Waals surface area contributed by atoms with Gasteiger partial charge in [0.05, 0.1) is 6.20 Å². The van der Waals surface area contributed by atoms with E-state index in [1.54, 1.807) is 12.4 Å². The zero-order valence-corrected chi connectivity index (χ0v) is 13.0.